The highest BCUT2D eigenvalue weighted by molar-refractivity contribution is 8.00. The number of para-hydroxylation sites is 2. The van der Waals surface area contributed by atoms with Crippen molar-refractivity contribution < 1.29 is 9.59 Å². The predicted molar refractivity (Wildman–Crippen MR) is 74.0 cm³/mol. The third kappa shape index (κ3) is 3.25. The molecule has 6 nitrogen and oxygen atoms in total. The number of imide groups is 1. The molecule has 2 rings (SSSR count). The third-order valence-corrected chi connectivity index (χ3v) is 3.47. The molecule has 0 fully saturated rings. The molecule has 0 radical (unpaired) electrons. The summed E-state index contributed by atoms with van der Waals surface area (Å²) in [6.07, 6.45) is 0. The van der Waals surface area contributed by atoms with E-state index in [1.165, 1.54) is 18.8 Å². The molecule has 0 spiro atoms. The molecule has 3 amide bonds. The first-order valence-electron chi connectivity index (χ1n) is 5.74. The van der Waals surface area contributed by atoms with Gasteiger partial charge in [-0.3, -0.25) is 10.1 Å². The van der Waals surface area contributed by atoms with E-state index >= 15 is 0 Å². The number of rotatable bonds is 3. The van der Waals surface area contributed by atoms with Crippen LogP contribution in [0, 0.1) is 0 Å². The Balaban J connectivity index is 2.03. The summed E-state index contributed by atoms with van der Waals surface area (Å²) in [5, 5.41) is 4.80. The first-order valence-corrected chi connectivity index (χ1v) is 6.62. The van der Waals surface area contributed by atoms with Crippen molar-refractivity contribution in [2.75, 3.05) is 7.05 Å². The van der Waals surface area contributed by atoms with Gasteiger partial charge in [-0.05, 0) is 19.1 Å². The fourth-order valence-corrected chi connectivity index (χ4v) is 2.30. The molecule has 1 aromatic heterocycles. The quantitative estimate of drug-likeness (QED) is 0.743. The van der Waals surface area contributed by atoms with Gasteiger partial charge in [-0.1, -0.05) is 23.9 Å². The highest BCUT2D eigenvalue weighted by Crippen LogP contribution is 2.23. The van der Waals surface area contributed by atoms with Gasteiger partial charge in [0.2, 0.25) is 5.91 Å². The number of thioether (sulfide) groups is 1. The van der Waals surface area contributed by atoms with Crippen molar-refractivity contribution >= 4 is 34.7 Å². The number of fused-ring (bicyclic) bond motifs is 1. The Labute approximate surface area is 114 Å². The zero-order chi connectivity index (χ0) is 13.8. The van der Waals surface area contributed by atoms with Crippen molar-refractivity contribution in [2.24, 2.45) is 0 Å². The second kappa shape index (κ2) is 5.75. The number of aromatic nitrogens is 2. The van der Waals surface area contributed by atoms with Crippen molar-refractivity contribution in [1.82, 2.24) is 20.6 Å². The molecule has 0 bridgehead atoms. The zero-order valence-electron chi connectivity index (χ0n) is 10.6. The van der Waals surface area contributed by atoms with Gasteiger partial charge >= 0.3 is 6.03 Å². The lowest BCUT2D eigenvalue weighted by molar-refractivity contribution is -0.119. The number of nitrogens with one attached hydrogen (secondary N) is 3. The van der Waals surface area contributed by atoms with Crippen molar-refractivity contribution in [3.63, 3.8) is 0 Å². The number of hydrogen-bond acceptors (Lipinski definition) is 4. The molecule has 2 aromatic rings. The molecule has 0 aliphatic heterocycles. The van der Waals surface area contributed by atoms with E-state index in [2.05, 4.69) is 20.6 Å². The minimum atomic E-state index is -0.512. The average Bonchev–Trinajstić information content (AvgIpc) is 2.80. The highest BCUT2D eigenvalue weighted by atomic mass is 32.2. The van der Waals surface area contributed by atoms with E-state index < -0.39 is 11.3 Å². The fraction of sp³-hybridized carbons (Fsp3) is 0.250. The average molecular weight is 278 g/mol. The normalized spacial score (nSPS) is 12.1. The Hall–Kier alpha value is -2.02. The summed E-state index contributed by atoms with van der Waals surface area (Å²) in [7, 11) is 1.46. The molecule has 0 aliphatic rings. The molecule has 0 unspecified atom stereocenters. The van der Waals surface area contributed by atoms with Gasteiger partial charge in [0.15, 0.2) is 5.16 Å². The number of H-pyrrole nitrogens is 1. The van der Waals surface area contributed by atoms with Crippen LogP contribution in [-0.4, -0.2) is 34.2 Å². The standard InChI is InChI=1S/C12H14N4O2S/c1-7(10(17)16-11(18)13-2)19-12-14-8-5-3-4-6-9(8)15-12/h3-7H,1-2H3,(H,14,15)(H2,13,16,17,18)/t7-/m0/s1. The van der Waals surface area contributed by atoms with Crippen molar-refractivity contribution in [3.05, 3.63) is 24.3 Å². The van der Waals surface area contributed by atoms with Crippen LogP contribution >= 0.6 is 11.8 Å². The number of amides is 3. The van der Waals surface area contributed by atoms with E-state index in [0.717, 1.165) is 11.0 Å². The number of imidazole rings is 1. The summed E-state index contributed by atoms with van der Waals surface area (Å²) >= 11 is 1.27. The van der Waals surface area contributed by atoms with E-state index in [9.17, 15) is 9.59 Å². The van der Waals surface area contributed by atoms with Crippen LogP contribution < -0.4 is 10.6 Å². The zero-order valence-corrected chi connectivity index (χ0v) is 11.4. The van der Waals surface area contributed by atoms with Crippen LogP contribution in [-0.2, 0) is 4.79 Å². The highest BCUT2D eigenvalue weighted by Gasteiger charge is 2.18. The fourth-order valence-electron chi connectivity index (χ4n) is 1.48. The SMILES string of the molecule is CNC(=O)NC(=O)[C@H](C)Sc1nc2ccccc2[nH]1. The summed E-state index contributed by atoms with van der Waals surface area (Å²) < 4.78 is 0. The van der Waals surface area contributed by atoms with Crippen LogP contribution in [0.1, 0.15) is 6.92 Å². The number of aromatic amines is 1. The van der Waals surface area contributed by atoms with Gasteiger partial charge < -0.3 is 10.3 Å². The van der Waals surface area contributed by atoms with Crippen LogP contribution in [0.4, 0.5) is 4.79 Å². The molecule has 0 saturated carbocycles. The summed E-state index contributed by atoms with van der Waals surface area (Å²) in [5.74, 6) is -0.357. The molecular formula is C12H14N4O2S. The number of carbonyl (C=O) groups is 2. The number of hydrogen-bond donors (Lipinski definition) is 3. The minimum absolute atomic E-state index is 0.357. The summed E-state index contributed by atoms with van der Waals surface area (Å²) in [6.45, 7) is 1.72. The smallest absolute Gasteiger partial charge is 0.321 e. The monoisotopic (exact) mass is 278 g/mol. The Morgan fingerprint density at radius 3 is 2.79 bits per heavy atom. The number of nitrogens with zero attached hydrogens (tertiary/aromatic N) is 1. The van der Waals surface area contributed by atoms with Crippen LogP contribution in [0.2, 0.25) is 0 Å². The minimum Gasteiger partial charge on any atom is -0.341 e. The van der Waals surface area contributed by atoms with Crippen LogP contribution in [0.15, 0.2) is 29.4 Å². The van der Waals surface area contributed by atoms with Gasteiger partial charge in [-0.25, -0.2) is 9.78 Å². The maximum absolute atomic E-state index is 11.7. The second-order valence-electron chi connectivity index (χ2n) is 3.89. The van der Waals surface area contributed by atoms with Gasteiger partial charge in [0.05, 0.1) is 16.3 Å². The summed E-state index contributed by atoms with van der Waals surface area (Å²) in [6, 6.07) is 7.12. The third-order valence-electron chi connectivity index (χ3n) is 2.49. The molecule has 1 heterocycles. The topological polar surface area (TPSA) is 86.9 Å². The molecule has 0 saturated heterocycles. The van der Waals surface area contributed by atoms with Crippen molar-refractivity contribution in [2.45, 2.75) is 17.3 Å². The van der Waals surface area contributed by atoms with E-state index in [1.54, 1.807) is 6.92 Å². The Morgan fingerprint density at radius 1 is 1.37 bits per heavy atom. The molecule has 7 heteroatoms. The summed E-state index contributed by atoms with van der Waals surface area (Å²) in [4.78, 5) is 30.2. The van der Waals surface area contributed by atoms with Gasteiger partial charge in [0, 0.05) is 7.05 Å². The largest absolute Gasteiger partial charge is 0.341 e. The van der Waals surface area contributed by atoms with Gasteiger partial charge in [-0.2, -0.15) is 0 Å². The number of urea groups is 1. The molecule has 1 atom stereocenters. The number of benzene rings is 1. The Kier molecular flexibility index (Phi) is 4.06. The Morgan fingerprint density at radius 2 is 2.11 bits per heavy atom. The van der Waals surface area contributed by atoms with E-state index in [1.807, 2.05) is 24.3 Å². The first-order chi connectivity index (χ1) is 9.10. The molecule has 100 valence electrons. The van der Waals surface area contributed by atoms with E-state index in [-0.39, 0.29) is 5.91 Å². The molecule has 3 N–H and O–H groups in total. The Bertz CT molecular complexity index is 578. The lowest BCUT2D eigenvalue weighted by Crippen LogP contribution is -2.41. The van der Waals surface area contributed by atoms with Gasteiger partial charge in [-0.15, -0.1) is 0 Å². The van der Waals surface area contributed by atoms with E-state index in [0.29, 0.717) is 5.16 Å². The maximum Gasteiger partial charge on any atom is 0.321 e. The van der Waals surface area contributed by atoms with Crippen molar-refractivity contribution in [1.29, 1.82) is 0 Å². The lowest BCUT2D eigenvalue weighted by Gasteiger charge is -2.08. The lowest BCUT2D eigenvalue weighted by atomic mass is 10.3. The van der Waals surface area contributed by atoms with Crippen LogP contribution in [0.25, 0.3) is 11.0 Å². The maximum atomic E-state index is 11.7. The van der Waals surface area contributed by atoms with Gasteiger partial charge in [0.1, 0.15) is 0 Å². The predicted octanol–water partition coefficient (Wildman–Crippen LogP) is 1.50. The molecule has 1 aromatic carbocycles. The molecular weight excluding hydrogens is 264 g/mol. The van der Waals surface area contributed by atoms with Crippen LogP contribution in [0.5, 0.6) is 0 Å². The van der Waals surface area contributed by atoms with Gasteiger partial charge in [0.25, 0.3) is 0 Å². The van der Waals surface area contributed by atoms with Crippen molar-refractivity contribution in [3.8, 4) is 0 Å². The molecule has 19 heavy (non-hydrogen) atoms. The van der Waals surface area contributed by atoms with Crippen LogP contribution in [0.3, 0.4) is 0 Å². The molecule has 0 aliphatic carbocycles. The summed E-state index contributed by atoms with van der Waals surface area (Å²) in [5.41, 5.74) is 1.77. The van der Waals surface area contributed by atoms with E-state index in [4.69, 9.17) is 0 Å². The first kappa shape index (κ1) is 13.4. The number of carbonyl (C=O) groups excluding carboxylic acids is 2. The second-order valence-corrected chi connectivity index (χ2v) is 5.22.